The molecule has 0 aromatic heterocycles. The van der Waals surface area contributed by atoms with Crippen molar-refractivity contribution in [1.29, 1.82) is 0 Å². The smallest absolute Gasteiger partial charge is 0.119 e. The van der Waals surface area contributed by atoms with E-state index in [1.54, 1.807) is 7.11 Å². The van der Waals surface area contributed by atoms with Crippen LogP contribution in [0.1, 0.15) is 49.8 Å². The number of fused-ring (bicyclic) bond motifs is 1. The van der Waals surface area contributed by atoms with Gasteiger partial charge in [0, 0.05) is 6.04 Å². The van der Waals surface area contributed by atoms with Gasteiger partial charge in [0.05, 0.1) is 7.11 Å². The molecule has 2 heteroatoms. The Kier molecular flexibility index (Phi) is 3.49. The van der Waals surface area contributed by atoms with Gasteiger partial charge in [-0.15, -0.1) is 0 Å². The molecule has 1 aromatic carbocycles. The summed E-state index contributed by atoms with van der Waals surface area (Å²) in [7, 11) is 1.73. The lowest BCUT2D eigenvalue weighted by Crippen LogP contribution is -2.18. The Labute approximate surface area is 98.0 Å². The van der Waals surface area contributed by atoms with Crippen molar-refractivity contribution in [1.82, 2.24) is 5.32 Å². The summed E-state index contributed by atoms with van der Waals surface area (Å²) >= 11 is 0. The molecule has 88 valence electrons. The number of hydrogen-bond acceptors (Lipinski definition) is 2. The summed E-state index contributed by atoms with van der Waals surface area (Å²) in [6, 6.07) is 7.02. The van der Waals surface area contributed by atoms with Crippen LogP contribution in [0.15, 0.2) is 18.2 Å². The molecule has 0 heterocycles. The lowest BCUT2D eigenvalue weighted by molar-refractivity contribution is 0.413. The predicted octanol–water partition coefficient (Wildman–Crippen LogP) is 3.24. The first-order valence-corrected chi connectivity index (χ1v) is 6.21. The first-order chi connectivity index (χ1) is 7.80. The van der Waals surface area contributed by atoms with Gasteiger partial charge in [0.2, 0.25) is 0 Å². The van der Waals surface area contributed by atoms with E-state index >= 15 is 0 Å². The van der Waals surface area contributed by atoms with Gasteiger partial charge in [-0.1, -0.05) is 19.9 Å². The minimum atomic E-state index is 0.514. The highest BCUT2D eigenvalue weighted by Crippen LogP contribution is 2.43. The molecule has 0 spiro atoms. The topological polar surface area (TPSA) is 21.3 Å². The quantitative estimate of drug-likeness (QED) is 0.839. The zero-order valence-electron chi connectivity index (χ0n) is 10.4. The molecule has 16 heavy (non-hydrogen) atoms. The number of nitrogens with one attached hydrogen (secondary N) is 1. The van der Waals surface area contributed by atoms with Crippen molar-refractivity contribution in [2.24, 2.45) is 0 Å². The van der Waals surface area contributed by atoms with E-state index in [1.807, 2.05) is 0 Å². The molecule has 2 nitrogen and oxygen atoms in total. The van der Waals surface area contributed by atoms with E-state index in [1.165, 1.54) is 24.0 Å². The molecule has 2 rings (SSSR count). The van der Waals surface area contributed by atoms with Crippen molar-refractivity contribution in [3.8, 4) is 5.75 Å². The standard InChI is InChI=1S/C14H21NO/c1-4-10-8-14(15-5-2)13-9-11(16-3)6-7-12(10)13/h6-7,9-10,14-15H,4-5,8H2,1-3H3. The van der Waals surface area contributed by atoms with Crippen LogP contribution < -0.4 is 10.1 Å². The normalized spacial score (nSPS) is 23.2. The predicted molar refractivity (Wildman–Crippen MR) is 67.1 cm³/mol. The molecule has 0 saturated heterocycles. The SMILES string of the molecule is CCNC1CC(CC)c2ccc(OC)cc21. The van der Waals surface area contributed by atoms with E-state index in [0.29, 0.717) is 12.0 Å². The lowest BCUT2D eigenvalue weighted by Gasteiger charge is -2.12. The summed E-state index contributed by atoms with van der Waals surface area (Å²) in [5, 5.41) is 3.56. The molecule has 0 bridgehead atoms. The fourth-order valence-electron chi connectivity index (χ4n) is 2.72. The Morgan fingerprint density at radius 3 is 2.75 bits per heavy atom. The molecule has 1 aliphatic carbocycles. The van der Waals surface area contributed by atoms with Crippen molar-refractivity contribution in [2.75, 3.05) is 13.7 Å². The molecule has 0 fully saturated rings. The second-order valence-electron chi connectivity index (χ2n) is 4.45. The van der Waals surface area contributed by atoms with Crippen LogP contribution in [-0.2, 0) is 0 Å². The van der Waals surface area contributed by atoms with E-state index in [4.69, 9.17) is 4.74 Å². The monoisotopic (exact) mass is 219 g/mol. The molecule has 0 aliphatic heterocycles. The third kappa shape index (κ3) is 1.94. The second-order valence-corrected chi connectivity index (χ2v) is 4.45. The zero-order chi connectivity index (χ0) is 11.5. The number of rotatable bonds is 4. The third-order valence-corrected chi connectivity index (χ3v) is 3.57. The average Bonchev–Trinajstić information content (AvgIpc) is 2.67. The molecule has 0 radical (unpaired) electrons. The third-order valence-electron chi connectivity index (χ3n) is 3.57. The first-order valence-electron chi connectivity index (χ1n) is 6.21. The Morgan fingerprint density at radius 2 is 2.12 bits per heavy atom. The van der Waals surface area contributed by atoms with Crippen molar-refractivity contribution >= 4 is 0 Å². The van der Waals surface area contributed by atoms with Crippen LogP contribution in [0.2, 0.25) is 0 Å². The van der Waals surface area contributed by atoms with Crippen molar-refractivity contribution in [3.63, 3.8) is 0 Å². The van der Waals surface area contributed by atoms with Gasteiger partial charge in [0.1, 0.15) is 5.75 Å². The molecular formula is C14H21NO. The molecule has 1 aromatic rings. The van der Waals surface area contributed by atoms with E-state index in [0.717, 1.165) is 12.3 Å². The maximum absolute atomic E-state index is 5.31. The number of hydrogen-bond donors (Lipinski definition) is 1. The Morgan fingerprint density at radius 1 is 1.31 bits per heavy atom. The Bertz CT molecular complexity index is 362. The molecule has 1 aliphatic rings. The van der Waals surface area contributed by atoms with Gasteiger partial charge in [-0.25, -0.2) is 0 Å². The minimum absolute atomic E-state index is 0.514. The van der Waals surface area contributed by atoms with Gasteiger partial charge in [0.15, 0.2) is 0 Å². The van der Waals surface area contributed by atoms with E-state index in [-0.39, 0.29) is 0 Å². The van der Waals surface area contributed by atoms with Crippen LogP contribution in [0, 0.1) is 0 Å². The first kappa shape index (κ1) is 11.5. The zero-order valence-corrected chi connectivity index (χ0v) is 10.4. The Balaban J connectivity index is 2.33. The fourth-order valence-corrected chi connectivity index (χ4v) is 2.72. The van der Waals surface area contributed by atoms with E-state index in [9.17, 15) is 0 Å². The molecule has 1 N–H and O–H groups in total. The van der Waals surface area contributed by atoms with Gasteiger partial charge >= 0.3 is 0 Å². The second kappa shape index (κ2) is 4.88. The number of ether oxygens (including phenoxy) is 1. The van der Waals surface area contributed by atoms with E-state index in [2.05, 4.69) is 37.4 Å². The average molecular weight is 219 g/mol. The summed E-state index contributed by atoms with van der Waals surface area (Å²) in [5.74, 6) is 1.68. The van der Waals surface area contributed by atoms with Crippen LogP contribution in [-0.4, -0.2) is 13.7 Å². The summed E-state index contributed by atoms with van der Waals surface area (Å²) in [5.41, 5.74) is 2.95. The molecule has 2 unspecified atom stereocenters. The maximum Gasteiger partial charge on any atom is 0.119 e. The van der Waals surface area contributed by atoms with Crippen LogP contribution in [0.4, 0.5) is 0 Å². The van der Waals surface area contributed by atoms with Crippen molar-refractivity contribution < 1.29 is 4.74 Å². The van der Waals surface area contributed by atoms with Crippen LogP contribution >= 0.6 is 0 Å². The highest BCUT2D eigenvalue weighted by atomic mass is 16.5. The maximum atomic E-state index is 5.31. The largest absolute Gasteiger partial charge is 0.497 e. The summed E-state index contributed by atoms with van der Waals surface area (Å²) in [6.45, 7) is 5.46. The fraction of sp³-hybridized carbons (Fsp3) is 0.571. The van der Waals surface area contributed by atoms with Gasteiger partial charge in [-0.2, -0.15) is 0 Å². The van der Waals surface area contributed by atoms with Crippen LogP contribution in [0.25, 0.3) is 0 Å². The molecule has 0 saturated carbocycles. The molecular weight excluding hydrogens is 198 g/mol. The van der Waals surface area contributed by atoms with Crippen LogP contribution in [0.3, 0.4) is 0 Å². The van der Waals surface area contributed by atoms with Gasteiger partial charge in [-0.3, -0.25) is 0 Å². The van der Waals surface area contributed by atoms with E-state index < -0.39 is 0 Å². The van der Waals surface area contributed by atoms with Crippen molar-refractivity contribution in [3.05, 3.63) is 29.3 Å². The highest BCUT2D eigenvalue weighted by Gasteiger charge is 2.29. The molecule has 0 amide bonds. The van der Waals surface area contributed by atoms with Gasteiger partial charge in [0.25, 0.3) is 0 Å². The summed E-state index contributed by atoms with van der Waals surface area (Å²) < 4.78 is 5.31. The molecule has 2 atom stereocenters. The van der Waals surface area contributed by atoms with Crippen molar-refractivity contribution in [2.45, 2.75) is 38.6 Å². The number of methoxy groups -OCH3 is 1. The number of benzene rings is 1. The van der Waals surface area contributed by atoms with Gasteiger partial charge < -0.3 is 10.1 Å². The van der Waals surface area contributed by atoms with Gasteiger partial charge in [-0.05, 0) is 48.6 Å². The van der Waals surface area contributed by atoms with Crippen LogP contribution in [0.5, 0.6) is 5.75 Å². The lowest BCUT2D eigenvalue weighted by atomic mass is 9.99. The minimum Gasteiger partial charge on any atom is -0.497 e. The summed E-state index contributed by atoms with van der Waals surface area (Å²) in [4.78, 5) is 0. The Hall–Kier alpha value is -1.02. The summed E-state index contributed by atoms with van der Waals surface area (Å²) in [6.07, 6.45) is 2.45. The highest BCUT2D eigenvalue weighted by molar-refractivity contribution is 5.43.